The maximum Gasteiger partial charge on any atom is 0.382 e. The minimum Gasteiger partial charge on any atom is -0.473 e. The Labute approximate surface area is 108 Å². The number of hydrogen-bond acceptors (Lipinski definition) is 6. The minimum atomic E-state index is -0.615. The molecule has 1 aliphatic heterocycles. The summed E-state index contributed by atoms with van der Waals surface area (Å²) in [6.45, 7) is 1.10. The number of carbonyl (C=O) groups is 1. The first-order valence-corrected chi connectivity index (χ1v) is 5.79. The standard InChI is InChI=1S/C13H11NO5/c15-13(18-9-4-2-1-3-5-9)11-6-12(14-19-11)17-8-10-7-16-10/h1-6,10H,7-8H2. The Morgan fingerprint density at radius 1 is 1.37 bits per heavy atom. The number of ether oxygens (including phenoxy) is 3. The van der Waals surface area contributed by atoms with Gasteiger partial charge in [-0.15, -0.1) is 0 Å². The number of nitrogens with zero attached hydrogens (tertiary/aromatic N) is 1. The number of para-hydroxylation sites is 1. The van der Waals surface area contributed by atoms with Gasteiger partial charge in [0.15, 0.2) is 0 Å². The second-order valence-electron chi connectivity index (χ2n) is 4.00. The van der Waals surface area contributed by atoms with Gasteiger partial charge in [0.05, 0.1) is 12.7 Å². The summed E-state index contributed by atoms with van der Waals surface area (Å²) in [5, 5.41) is 3.63. The highest BCUT2D eigenvalue weighted by molar-refractivity contribution is 5.88. The summed E-state index contributed by atoms with van der Waals surface area (Å²) in [6, 6.07) is 10.1. The molecule has 3 rings (SSSR count). The lowest BCUT2D eigenvalue weighted by Crippen LogP contribution is -2.07. The molecule has 1 atom stereocenters. The monoisotopic (exact) mass is 261 g/mol. The van der Waals surface area contributed by atoms with Crippen molar-refractivity contribution in [3.63, 3.8) is 0 Å². The molecule has 1 fully saturated rings. The molecular formula is C13H11NO5. The Hall–Kier alpha value is -2.34. The molecule has 1 aromatic carbocycles. The van der Waals surface area contributed by atoms with Crippen molar-refractivity contribution in [2.75, 3.05) is 13.2 Å². The molecule has 0 N–H and O–H groups in total. The van der Waals surface area contributed by atoms with Crippen molar-refractivity contribution in [1.82, 2.24) is 5.16 Å². The van der Waals surface area contributed by atoms with E-state index >= 15 is 0 Å². The SMILES string of the molecule is O=C(Oc1ccccc1)c1cc(OCC2CO2)no1. The molecule has 0 spiro atoms. The molecule has 0 radical (unpaired) electrons. The van der Waals surface area contributed by atoms with Gasteiger partial charge in [-0.2, -0.15) is 0 Å². The molecule has 0 saturated carbocycles. The van der Waals surface area contributed by atoms with Gasteiger partial charge in [-0.25, -0.2) is 4.79 Å². The first-order valence-electron chi connectivity index (χ1n) is 5.79. The minimum absolute atomic E-state index is 0.00410. The highest BCUT2D eigenvalue weighted by Crippen LogP contribution is 2.17. The molecule has 0 aliphatic carbocycles. The van der Waals surface area contributed by atoms with Crippen molar-refractivity contribution < 1.29 is 23.5 Å². The molecule has 6 nitrogen and oxygen atoms in total. The molecule has 19 heavy (non-hydrogen) atoms. The fourth-order valence-corrected chi connectivity index (χ4v) is 1.41. The lowest BCUT2D eigenvalue weighted by molar-refractivity contribution is 0.0690. The average Bonchev–Trinajstić information content (AvgIpc) is 3.14. The zero-order chi connectivity index (χ0) is 13.1. The summed E-state index contributed by atoms with van der Waals surface area (Å²) in [7, 11) is 0. The van der Waals surface area contributed by atoms with Gasteiger partial charge in [-0.3, -0.25) is 0 Å². The molecule has 1 unspecified atom stereocenters. The summed E-state index contributed by atoms with van der Waals surface area (Å²) >= 11 is 0. The normalized spacial score (nSPS) is 16.9. The van der Waals surface area contributed by atoms with Crippen molar-refractivity contribution in [3.05, 3.63) is 42.2 Å². The van der Waals surface area contributed by atoms with Crippen LogP contribution in [0.1, 0.15) is 10.6 Å². The van der Waals surface area contributed by atoms with Crippen LogP contribution in [0.3, 0.4) is 0 Å². The summed E-state index contributed by atoms with van der Waals surface area (Å²) in [6.07, 6.45) is 0.122. The Morgan fingerprint density at radius 2 is 2.16 bits per heavy atom. The lowest BCUT2D eigenvalue weighted by atomic mass is 10.3. The van der Waals surface area contributed by atoms with Gasteiger partial charge >= 0.3 is 5.97 Å². The highest BCUT2D eigenvalue weighted by Gasteiger charge is 2.24. The van der Waals surface area contributed by atoms with Crippen LogP contribution in [0.5, 0.6) is 11.6 Å². The van der Waals surface area contributed by atoms with Gasteiger partial charge in [-0.1, -0.05) is 18.2 Å². The van der Waals surface area contributed by atoms with Gasteiger partial charge in [-0.05, 0) is 17.3 Å². The van der Waals surface area contributed by atoms with Crippen molar-refractivity contribution in [2.45, 2.75) is 6.10 Å². The van der Waals surface area contributed by atoms with Crippen LogP contribution in [0.4, 0.5) is 0 Å². The summed E-state index contributed by atoms with van der Waals surface area (Å²) < 4.78 is 20.2. The van der Waals surface area contributed by atoms with Gasteiger partial charge in [0.1, 0.15) is 18.5 Å². The van der Waals surface area contributed by atoms with E-state index in [0.29, 0.717) is 19.0 Å². The van der Waals surface area contributed by atoms with Gasteiger partial charge < -0.3 is 18.7 Å². The Kier molecular flexibility index (Phi) is 3.16. The van der Waals surface area contributed by atoms with Crippen LogP contribution in [-0.2, 0) is 4.74 Å². The fraction of sp³-hybridized carbons (Fsp3) is 0.231. The second kappa shape index (κ2) is 5.11. The van der Waals surface area contributed by atoms with Crippen molar-refractivity contribution in [2.24, 2.45) is 0 Å². The van der Waals surface area contributed by atoms with Crippen LogP contribution in [0.2, 0.25) is 0 Å². The molecule has 1 aromatic heterocycles. The van der Waals surface area contributed by atoms with E-state index in [-0.39, 0.29) is 17.7 Å². The summed E-state index contributed by atoms with van der Waals surface area (Å²) in [4.78, 5) is 11.7. The number of epoxide rings is 1. The van der Waals surface area contributed by atoms with E-state index in [2.05, 4.69) is 5.16 Å². The number of rotatable bonds is 5. The smallest absolute Gasteiger partial charge is 0.382 e. The van der Waals surface area contributed by atoms with Crippen LogP contribution >= 0.6 is 0 Å². The van der Waals surface area contributed by atoms with E-state index < -0.39 is 5.97 Å². The van der Waals surface area contributed by atoms with Crippen molar-refractivity contribution >= 4 is 5.97 Å². The van der Waals surface area contributed by atoms with E-state index in [0.717, 1.165) is 0 Å². The Morgan fingerprint density at radius 3 is 2.89 bits per heavy atom. The largest absolute Gasteiger partial charge is 0.473 e. The van der Waals surface area contributed by atoms with Gasteiger partial charge in [0.25, 0.3) is 5.88 Å². The Balaban J connectivity index is 1.59. The quantitative estimate of drug-likeness (QED) is 0.463. The number of hydrogen-bond donors (Lipinski definition) is 0. The van der Waals surface area contributed by atoms with Crippen LogP contribution in [0.15, 0.2) is 40.9 Å². The molecule has 2 aromatic rings. The third kappa shape index (κ3) is 3.11. The first-order chi connectivity index (χ1) is 9.31. The predicted molar refractivity (Wildman–Crippen MR) is 63.1 cm³/mol. The van der Waals surface area contributed by atoms with Crippen LogP contribution in [-0.4, -0.2) is 30.4 Å². The molecule has 1 saturated heterocycles. The van der Waals surface area contributed by atoms with Crippen molar-refractivity contribution in [3.8, 4) is 11.6 Å². The summed E-state index contributed by atoms with van der Waals surface area (Å²) in [5.74, 6) is 0.0695. The molecule has 2 heterocycles. The van der Waals surface area contributed by atoms with Crippen LogP contribution in [0, 0.1) is 0 Å². The number of aromatic nitrogens is 1. The lowest BCUT2D eigenvalue weighted by Gasteiger charge is -1.99. The number of carbonyl (C=O) groups excluding carboxylic acids is 1. The van der Waals surface area contributed by atoms with E-state index in [1.165, 1.54) is 6.07 Å². The molecule has 1 aliphatic rings. The van der Waals surface area contributed by atoms with E-state index in [4.69, 9.17) is 18.7 Å². The fourth-order valence-electron chi connectivity index (χ4n) is 1.41. The highest BCUT2D eigenvalue weighted by atomic mass is 16.6. The van der Waals surface area contributed by atoms with Gasteiger partial charge in [0, 0.05) is 0 Å². The Bertz CT molecular complexity index is 561. The second-order valence-corrected chi connectivity index (χ2v) is 4.00. The average molecular weight is 261 g/mol. The molecule has 0 bridgehead atoms. The number of esters is 1. The van der Waals surface area contributed by atoms with Gasteiger partial charge in [0.2, 0.25) is 5.76 Å². The maximum absolute atomic E-state index is 11.7. The first kappa shape index (κ1) is 11.7. The van der Waals surface area contributed by atoms with E-state index in [1.54, 1.807) is 24.3 Å². The maximum atomic E-state index is 11.7. The molecule has 0 amide bonds. The van der Waals surface area contributed by atoms with E-state index in [9.17, 15) is 4.79 Å². The zero-order valence-corrected chi connectivity index (χ0v) is 9.94. The van der Waals surface area contributed by atoms with Crippen LogP contribution in [0.25, 0.3) is 0 Å². The third-order valence-corrected chi connectivity index (χ3v) is 2.46. The third-order valence-electron chi connectivity index (χ3n) is 2.46. The van der Waals surface area contributed by atoms with E-state index in [1.807, 2.05) is 6.07 Å². The topological polar surface area (TPSA) is 74.1 Å². The van der Waals surface area contributed by atoms with Crippen LogP contribution < -0.4 is 9.47 Å². The van der Waals surface area contributed by atoms with Crippen molar-refractivity contribution in [1.29, 1.82) is 0 Å². The molecular weight excluding hydrogens is 250 g/mol. The number of benzene rings is 1. The molecule has 6 heteroatoms. The molecule has 98 valence electrons. The zero-order valence-electron chi connectivity index (χ0n) is 9.94. The predicted octanol–water partition coefficient (Wildman–Crippen LogP) is 1.67. The summed E-state index contributed by atoms with van der Waals surface area (Å²) in [5.41, 5.74) is 0.